The number of carbonyl (C=O) groups excluding carboxylic acids is 1. The molecule has 4 N–H and O–H groups in total. The predicted molar refractivity (Wildman–Crippen MR) is 35.3 cm³/mol. The normalized spacial score (nSPS) is 13.2. The lowest BCUT2D eigenvalue weighted by Crippen LogP contribution is -2.33. The maximum absolute atomic E-state index is 10.2. The van der Waals surface area contributed by atoms with E-state index in [4.69, 9.17) is 11.5 Å². The number of rotatable bonds is 3. The summed E-state index contributed by atoms with van der Waals surface area (Å²) in [7, 11) is 0. The smallest absolute Gasteiger partial charge is 0.244 e. The fourth-order valence-electron chi connectivity index (χ4n) is 0.262. The SMILES string of the molecule is CCSC(N)C(N)=O. The van der Waals surface area contributed by atoms with Gasteiger partial charge in [-0.2, -0.15) is 0 Å². The fraction of sp³-hybridized carbons (Fsp3) is 0.750. The second kappa shape index (κ2) is 3.74. The van der Waals surface area contributed by atoms with Crippen LogP contribution >= 0.6 is 11.8 Å². The predicted octanol–water partition coefficient (Wildman–Crippen LogP) is -0.490. The molecule has 3 nitrogen and oxygen atoms in total. The van der Waals surface area contributed by atoms with Gasteiger partial charge in [0.1, 0.15) is 5.37 Å². The Morgan fingerprint density at radius 2 is 2.38 bits per heavy atom. The summed E-state index contributed by atoms with van der Waals surface area (Å²) < 4.78 is 0. The monoisotopic (exact) mass is 134 g/mol. The highest BCUT2D eigenvalue weighted by molar-refractivity contribution is 8.00. The van der Waals surface area contributed by atoms with E-state index in [9.17, 15) is 4.79 Å². The van der Waals surface area contributed by atoms with Crippen molar-refractivity contribution in [3.05, 3.63) is 0 Å². The molecule has 0 radical (unpaired) electrons. The van der Waals surface area contributed by atoms with Gasteiger partial charge in [-0.3, -0.25) is 4.79 Å². The highest BCUT2D eigenvalue weighted by Gasteiger charge is 2.05. The van der Waals surface area contributed by atoms with Crippen LogP contribution in [0.5, 0.6) is 0 Å². The first-order chi connectivity index (χ1) is 3.68. The largest absolute Gasteiger partial charge is 0.368 e. The van der Waals surface area contributed by atoms with E-state index in [1.54, 1.807) is 0 Å². The Morgan fingerprint density at radius 1 is 1.88 bits per heavy atom. The zero-order valence-electron chi connectivity index (χ0n) is 4.76. The molecule has 0 aromatic heterocycles. The van der Waals surface area contributed by atoms with Gasteiger partial charge < -0.3 is 11.5 Å². The maximum atomic E-state index is 10.2. The third-order valence-corrected chi connectivity index (χ3v) is 1.55. The summed E-state index contributed by atoms with van der Waals surface area (Å²) in [5, 5.41) is -0.528. The van der Waals surface area contributed by atoms with Crippen LogP contribution in [0.3, 0.4) is 0 Å². The third-order valence-electron chi connectivity index (χ3n) is 0.627. The van der Waals surface area contributed by atoms with Crippen LogP contribution in [-0.2, 0) is 4.79 Å². The van der Waals surface area contributed by atoms with E-state index in [2.05, 4.69) is 0 Å². The average Bonchev–Trinajstić information content (AvgIpc) is 1.67. The molecule has 1 atom stereocenters. The zero-order chi connectivity index (χ0) is 6.57. The van der Waals surface area contributed by atoms with Crippen molar-refractivity contribution < 1.29 is 4.79 Å². The van der Waals surface area contributed by atoms with Crippen LogP contribution in [0.15, 0.2) is 0 Å². The molecule has 0 aliphatic rings. The fourth-order valence-corrected chi connectivity index (χ4v) is 0.785. The van der Waals surface area contributed by atoms with Crippen LogP contribution in [0.4, 0.5) is 0 Å². The molecule has 1 amide bonds. The van der Waals surface area contributed by atoms with Gasteiger partial charge in [0, 0.05) is 0 Å². The number of hydrogen-bond acceptors (Lipinski definition) is 3. The molecule has 0 fully saturated rings. The van der Waals surface area contributed by atoms with Crippen molar-refractivity contribution in [2.45, 2.75) is 12.3 Å². The van der Waals surface area contributed by atoms with Crippen molar-refractivity contribution in [1.82, 2.24) is 0 Å². The van der Waals surface area contributed by atoms with Gasteiger partial charge in [0.25, 0.3) is 0 Å². The van der Waals surface area contributed by atoms with Crippen molar-refractivity contribution in [2.75, 3.05) is 5.75 Å². The van der Waals surface area contributed by atoms with Crippen molar-refractivity contribution in [3.63, 3.8) is 0 Å². The van der Waals surface area contributed by atoms with E-state index < -0.39 is 11.3 Å². The van der Waals surface area contributed by atoms with Crippen LogP contribution in [-0.4, -0.2) is 17.0 Å². The standard InChI is InChI=1S/C4H10N2OS/c1-2-8-4(6)3(5)7/h4H,2,6H2,1H3,(H2,5,7). The summed E-state index contributed by atoms with van der Waals surface area (Å²) in [5.41, 5.74) is 10.1. The minimum absolute atomic E-state index is 0.447. The molecule has 0 bridgehead atoms. The third kappa shape index (κ3) is 2.87. The molecular weight excluding hydrogens is 124 g/mol. The highest BCUT2D eigenvalue weighted by Crippen LogP contribution is 2.01. The van der Waals surface area contributed by atoms with E-state index in [0.717, 1.165) is 5.75 Å². The number of hydrogen-bond donors (Lipinski definition) is 2. The second-order valence-corrected chi connectivity index (χ2v) is 2.70. The lowest BCUT2D eigenvalue weighted by molar-refractivity contribution is -0.117. The molecule has 0 saturated carbocycles. The van der Waals surface area contributed by atoms with Crippen LogP contribution < -0.4 is 11.5 Å². The number of nitrogens with two attached hydrogens (primary N) is 2. The van der Waals surface area contributed by atoms with Gasteiger partial charge >= 0.3 is 0 Å². The van der Waals surface area contributed by atoms with Crippen molar-refractivity contribution in [1.29, 1.82) is 0 Å². The Kier molecular flexibility index (Phi) is 3.64. The average molecular weight is 134 g/mol. The zero-order valence-corrected chi connectivity index (χ0v) is 5.57. The first-order valence-electron chi connectivity index (χ1n) is 2.35. The Balaban J connectivity index is 3.32. The Bertz CT molecular complexity index is 86.1. The first kappa shape index (κ1) is 7.78. The molecule has 0 aromatic carbocycles. The van der Waals surface area contributed by atoms with E-state index in [1.807, 2.05) is 6.92 Å². The van der Waals surface area contributed by atoms with Gasteiger partial charge in [-0.1, -0.05) is 6.92 Å². The molecule has 0 rings (SSSR count). The van der Waals surface area contributed by atoms with Crippen molar-refractivity contribution in [2.24, 2.45) is 11.5 Å². The van der Waals surface area contributed by atoms with E-state index >= 15 is 0 Å². The summed E-state index contributed by atoms with van der Waals surface area (Å²) in [5.74, 6) is 0.376. The second-order valence-electron chi connectivity index (χ2n) is 1.28. The summed E-state index contributed by atoms with van der Waals surface area (Å²) in [4.78, 5) is 10.2. The highest BCUT2D eigenvalue weighted by atomic mass is 32.2. The molecule has 0 saturated heterocycles. The van der Waals surface area contributed by atoms with Gasteiger partial charge in [-0.25, -0.2) is 0 Å². The van der Waals surface area contributed by atoms with E-state index in [1.165, 1.54) is 11.8 Å². The number of amides is 1. The van der Waals surface area contributed by atoms with Gasteiger partial charge in [0.15, 0.2) is 0 Å². The Labute approximate surface area is 52.8 Å². The number of primary amides is 1. The van der Waals surface area contributed by atoms with Gasteiger partial charge in [-0.05, 0) is 5.75 Å². The molecule has 0 aliphatic heterocycles. The topological polar surface area (TPSA) is 69.1 Å². The minimum atomic E-state index is -0.528. The van der Waals surface area contributed by atoms with Gasteiger partial charge in [-0.15, -0.1) is 11.8 Å². The van der Waals surface area contributed by atoms with Crippen LogP contribution in [0.25, 0.3) is 0 Å². The van der Waals surface area contributed by atoms with Gasteiger partial charge in [0.05, 0.1) is 0 Å². The molecule has 8 heavy (non-hydrogen) atoms. The molecule has 0 heterocycles. The molecule has 0 aliphatic carbocycles. The first-order valence-corrected chi connectivity index (χ1v) is 3.40. The maximum Gasteiger partial charge on any atom is 0.244 e. The molecule has 0 spiro atoms. The molecular formula is C4H10N2OS. The number of carbonyl (C=O) groups is 1. The molecule has 0 aromatic rings. The molecule has 4 heteroatoms. The van der Waals surface area contributed by atoms with Crippen LogP contribution in [0.1, 0.15) is 6.92 Å². The van der Waals surface area contributed by atoms with E-state index in [0.29, 0.717) is 0 Å². The lowest BCUT2D eigenvalue weighted by Gasteiger charge is -2.01. The molecule has 1 unspecified atom stereocenters. The lowest BCUT2D eigenvalue weighted by atomic mass is 10.6. The van der Waals surface area contributed by atoms with Crippen molar-refractivity contribution in [3.8, 4) is 0 Å². The van der Waals surface area contributed by atoms with E-state index in [-0.39, 0.29) is 0 Å². The van der Waals surface area contributed by atoms with Gasteiger partial charge in [0.2, 0.25) is 5.91 Å². The summed E-state index contributed by atoms with van der Waals surface area (Å²) >= 11 is 1.34. The summed E-state index contributed by atoms with van der Waals surface area (Å²) in [6, 6.07) is 0. The summed E-state index contributed by atoms with van der Waals surface area (Å²) in [6.07, 6.45) is 0. The van der Waals surface area contributed by atoms with Crippen LogP contribution in [0.2, 0.25) is 0 Å². The van der Waals surface area contributed by atoms with Crippen molar-refractivity contribution >= 4 is 17.7 Å². The number of thioether (sulfide) groups is 1. The van der Waals surface area contributed by atoms with Crippen LogP contribution in [0, 0.1) is 0 Å². The minimum Gasteiger partial charge on any atom is -0.368 e. The Hall–Kier alpha value is -0.220. The summed E-state index contributed by atoms with van der Waals surface area (Å²) in [6.45, 7) is 1.92. The quantitative estimate of drug-likeness (QED) is 0.512. The molecule has 48 valence electrons. The Morgan fingerprint density at radius 3 is 2.50 bits per heavy atom.